The van der Waals surface area contributed by atoms with Crippen molar-refractivity contribution >= 4 is 17.4 Å². The van der Waals surface area contributed by atoms with Crippen LogP contribution in [0, 0.1) is 66.3 Å². The summed E-state index contributed by atoms with van der Waals surface area (Å²) >= 11 is 0. The Morgan fingerprint density at radius 2 is 1.73 bits per heavy atom. The van der Waals surface area contributed by atoms with Crippen LogP contribution in [0.4, 0.5) is 0 Å². The molecule has 0 aromatic heterocycles. The van der Waals surface area contributed by atoms with E-state index < -0.39 is 21.4 Å². The normalized spacial score (nSPS) is 43.6. The molecule has 8 heteroatoms. The first-order chi connectivity index (χ1) is 18.4. The molecule has 0 aliphatic heterocycles. The lowest BCUT2D eigenvalue weighted by atomic mass is 9.35. The molecule has 5 aliphatic carbocycles. The number of carbonyl (C=O) groups excluding carboxylic acids is 2. The zero-order valence-corrected chi connectivity index (χ0v) is 25.3. The minimum absolute atomic E-state index is 0.00847. The van der Waals surface area contributed by atoms with Gasteiger partial charge in [-0.15, -0.1) is 0 Å². The van der Waals surface area contributed by atoms with E-state index in [1.54, 1.807) is 6.92 Å². The van der Waals surface area contributed by atoms with Gasteiger partial charge in [0.1, 0.15) is 6.07 Å². The van der Waals surface area contributed by atoms with Gasteiger partial charge in [-0.2, -0.15) is 5.26 Å². The molecule has 216 valence electrons. The quantitative estimate of drug-likeness (QED) is 0.191. The van der Waals surface area contributed by atoms with Crippen LogP contribution in [0.1, 0.15) is 100 Å². The number of hydrogen-bond donors (Lipinski definition) is 1. The highest BCUT2D eigenvalue weighted by Crippen LogP contribution is 2.73. The molecule has 0 aromatic carbocycles. The number of nitro groups is 1. The monoisotopic (exact) mass is 548 g/mol. The number of ketones is 2. The number of nitrogens with zero attached hydrogens (tertiary/aromatic N) is 3. The SMILES string of the molecule is C/C(=N\[N+](=O)[O-])N[C@]12CCC(C)(C)CC1[C@H]1C(=O)C=C3[C@@]4(C)C=C(C#N)C(=O)C(C)(C)[C@@H]4CC[C@@]3(C)[C@]1(C)CC2. The number of amidine groups is 1. The molecule has 3 fully saturated rings. The molecule has 0 radical (unpaired) electrons. The van der Waals surface area contributed by atoms with Gasteiger partial charge in [0.15, 0.2) is 22.4 Å². The van der Waals surface area contributed by atoms with Crippen molar-refractivity contribution in [2.45, 2.75) is 106 Å². The van der Waals surface area contributed by atoms with Crippen LogP contribution in [0.3, 0.4) is 0 Å². The van der Waals surface area contributed by atoms with Crippen LogP contribution in [-0.4, -0.2) is 28.0 Å². The fourth-order valence-electron chi connectivity index (χ4n) is 10.4. The summed E-state index contributed by atoms with van der Waals surface area (Å²) in [4.78, 5) is 38.9. The summed E-state index contributed by atoms with van der Waals surface area (Å²) in [7, 11) is 0. The van der Waals surface area contributed by atoms with Crippen molar-refractivity contribution in [3.8, 4) is 6.07 Å². The van der Waals surface area contributed by atoms with Crippen molar-refractivity contribution in [2.75, 3.05) is 0 Å². The van der Waals surface area contributed by atoms with Gasteiger partial charge in [0.25, 0.3) is 0 Å². The lowest BCUT2D eigenvalue weighted by Gasteiger charge is -2.69. The van der Waals surface area contributed by atoms with E-state index >= 15 is 0 Å². The maximum absolute atomic E-state index is 14.5. The van der Waals surface area contributed by atoms with Gasteiger partial charge in [-0.25, -0.2) is 10.1 Å². The Morgan fingerprint density at radius 3 is 2.35 bits per heavy atom. The van der Waals surface area contributed by atoms with Crippen molar-refractivity contribution in [2.24, 2.45) is 49.9 Å². The fraction of sp³-hybridized carbons (Fsp3) is 0.750. The summed E-state index contributed by atoms with van der Waals surface area (Å²) in [5.74, 6) is 0.0992. The van der Waals surface area contributed by atoms with E-state index in [2.05, 4.69) is 51.1 Å². The number of carbonyl (C=O) groups is 2. The number of rotatable bonds is 2. The second kappa shape index (κ2) is 8.59. The minimum Gasteiger partial charge on any atom is -0.363 e. The van der Waals surface area contributed by atoms with Crippen LogP contribution in [-0.2, 0) is 9.59 Å². The Kier molecular flexibility index (Phi) is 6.17. The van der Waals surface area contributed by atoms with E-state index in [-0.39, 0.29) is 51.1 Å². The van der Waals surface area contributed by atoms with Crippen molar-refractivity contribution in [1.82, 2.24) is 5.32 Å². The van der Waals surface area contributed by atoms with Gasteiger partial charge >= 0.3 is 0 Å². The number of fused-ring (bicyclic) bond motifs is 7. The number of hydrogen-bond acceptors (Lipinski definition) is 5. The second-order valence-electron chi connectivity index (χ2n) is 15.5. The molecule has 0 spiro atoms. The molecule has 5 aliphatic rings. The van der Waals surface area contributed by atoms with Crippen molar-refractivity contribution in [3.63, 3.8) is 0 Å². The molecule has 1 N–H and O–H groups in total. The van der Waals surface area contributed by atoms with Crippen molar-refractivity contribution < 1.29 is 14.6 Å². The van der Waals surface area contributed by atoms with E-state index in [1.165, 1.54) is 0 Å². The van der Waals surface area contributed by atoms with Crippen LogP contribution in [0.2, 0.25) is 0 Å². The summed E-state index contributed by atoms with van der Waals surface area (Å²) in [5.41, 5.74) is -0.958. The molecule has 0 saturated heterocycles. The molecule has 5 rings (SSSR count). The average molecular weight is 549 g/mol. The second-order valence-corrected chi connectivity index (χ2v) is 15.5. The highest BCUT2D eigenvalue weighted by Gasteiger charge is 2.70. The Balaban J connectivity index is 1.67. The Morgan fingerprint density at radius 1 is 1.07 bits per heavy atom. The number of allylic oxidation sites excluding steroid dienone is 4. The fourth-order valence-corrected chi connectivity index (χ4v) is 10.4. The molecular weight excluding hydrogens is 504 g/mol. The third-order valence-corrected chi connectivity index (χ3v) is 12.5. The standard InChI is InChI=1S/C32H44N4O4/c1-19(35-36(39)40)34-32-13-11-27(2,3)17-21(32)25-22(37)15-24-29(6)16-20(18-33)26(38)28(4,5)23(29)9-10-30(24,7)31(25,8)12-14-32/h15-16,21,23,25H,9-14,17H2,1-8H3,(H,34,35)/t21?,23-,25-,29-,30+,31+,32-/m0/s1. The number of nitrogens with one attached hydrogen (secondary N) is 1. The maximum Gasteiger partial charge on any atom is 0.192 e. The predicted molar refractivity (Wildman–Crippen MR) is 152 cm³/mol. The van der Waals surface area contributed by atoms with Crippen molar-refractivity contribution in [1.29, 1.82) is 5.26 Å². The largest absolute Gasteiger partial charge is 0.363 e. The third-order valence-electron chi connectivity index (χ3n) is 12.5. The number of nitriles is 1. The summed E-state index contributed by atoms with van der Waals surface area (Å²) in [6, 6.07) is 2.17. The van der Waals surface area contributed by atoms with Gasteiger partial charge in [-0.1, -0.05) is 60.1 Å². The van der Waals surface area contributed by atoms with Crippen LogP contribution in [0.25, 0.3) is 0 Å². The van der Waals surface area contributed by atoms with Crippen molar-refractivity contribution in [3.05, 3.63) is 33.4 Å². The molecule has 0 heterocycles. The molecule has 0 aromatic rings. The van der Waals surface area contributed by atoms with Gasteiger partial charge in [0, 0.05) is 22.3 Å². The highest BCUT2D eigenvalue weighted by molar-refractivity contribution is 6.04. The van der Waals surface area contributed by atoms with Gasteiger partial charge < -0.3 is 5.32 Å². The lowest BCUT2D eigenvalue weighted by Crippen LogP contribution is -2.69. The molecular formula is C32H44N4O4. The van der Waals surface area contributed by atoms with E-state index in [4.69, 9.17) is 0 Å². The molecule has 8 nitrogen and oxygen atoms in total. The maximum atomic E-state index is 14.5. The Labute approximate surface area is 237 Å². The highest BCUT2D eigenvalue weighted by atomic mass is 16.7. The lowest BCUT2D eigenvalue weighted by molar-refractivity contribution is -0.485. The van der Waals surface area contributed by atoms with Crippen LogP contribution < -0.4 is 5.32 Å². The third kappa shape index (κ3) is 3.72. The van der Waals surface area contributed by atoms with Gasteiger partial charge in [-0.05, 0) is 86.0 Å². The summed E-state index contributed by atoms with van der Waals surface area (Å²) in [6.45, 7) is 16.8. The predicted octanol–water partition coefficient (Wildman–Crippen LogP) is 6.16. The smallest absolute Gasteiger partial charge is 0.192 e. The molecule has 7 atom stereocenters. The zero-order chi connectivity index (χ0) is 29.7. The summed E-state index contributed by atoms with van der Waals surface area (Å²) in [5, 5.41) is 27.5. The van der Waals surface area contributed by atoms with E-state index in [0.29, 0.717) is 5.84 Å². The van der Waals surface area contributed by atoms with E-state index in [9.17, 15) is 25.0 Å². The molecule has 1 unspecified atom stereocenters. The topological polar surface area (TPSA) is 125 Å². The van der Waals surface area contributed by atoms with Gasteiger partial charge in [0.05, 0.1) is 10.7 Å². The van der Waals surface area contributed by atoms with E-state index in [1.807, 2.05) is 26.0 Å². The van der Waals surface area contributed by atoms with Gasteiger partial charge in [0.2, 0.25) is 0 Å². The first kappa shape index (κ1) is 28.7. The molecule has 3 saturated carbocycles. The Bertz CT molecular complexity index is 1330. The number of hydrazone groups is 1. The first-order valence-electron chi connectivity index (χ1n) is 14.8. The summed E-state index contributed by atoms with van der Waals surface area (Å²) in [6.07, 6.45) is 9.79. The van der Waals surface area contributed by atoms with Crippen LogP contribution in [0.15, 0.2) is 28.4 Å². The zero-order valence-electron chi connectivity index (χ0n) is 25.3. The average Bonchev–Trinajstić information content (AvgIpc) is 2.83. The van der Waals surface area contributed by atoms with Crippen LogP contribution >= 0.6 is 0 Å². The van der Waals surface area contributed by atoms with E-state index in [0.717, 1.165) is 50.5 Å². The molecule has 0 bridgehead atoms. The number of Topliss-reactive ketones (excluding diaryl/α,β-unsaturated/α-hetero) is 1. The Hall–Kier alpha value is -2.82. The molecule has 0 amide bonds. The first-order valence-corrected chi connectivity index (χ1v) is 14.8. The minimum atomic E-state index is -0.690. The summed E-state index contributed by atoms with van der Waals surface area (Å²) < 4.78 is 0. The van der Waals surface area contributed by atoms with Gasteiger partial charge in [-0.3, -0.25) is 9.59 Å². The van der Waals surface area contributed by atoms with Crippen LogP contribution in [0.5, 0.6) is 0 Å². The molecule has 40 heavy (non-hydrogen) atoms.